The van der Waals surface area contributed by atoms with Crippen LogP contribution < -0.4 is 5.32 Å². The Hall–Kier alpha value is -1.06. The first kappa shape index (κ1) is 11.0. The molecule has 0 spiro atoms. The second-order valence-corrected chi connectivity index (χ2v) is 3.50. The van der Waals surface area contributed by atoms with E-state index >= 15 is 0 Å². The normalized spacial score (nSPS) is 12.4. The molecular formula is C10H12ClNO2. The van der Waals surface area contributed by atoms with Crippen molar-refractivity contribution in [3.8, 4) is 0 Å². The molecule has 0 radical (unpaired) electrons. The Balaban J connectivity index is 2.46. The lowest BCUT2D eigenvalue weighted by molar-refractivity contribution is -0.139. The third kappa shape index (κ3) is 3.36. The van der Waals surface area contributed by atoms with E-state index in [2.05, 4.69) is 5.32 Å². The topological polar surface area (TPSA) is 49.3 Å². The van der Waals surface area contributed by atoms with Crippen molar-refractivity contribution in [1.82, 2.24) is 5.32 Å². The molecule has 0 aliphatic carbocycles. The molecule has 0 aliphatic heterocycles. The van der Waals surface area contributed by atoms with Crippen molar-refractivity contribution in [2.75, 3.05) is 0 Å². The maximum Gasteiger partial charge on any atom is 0.320 e. The van der Waals surface area contributed by atoms with E-state index in [-0.39, 0.29) is 0 Å². The van der Waals surface area contributed by atoms with Crippen molar-refractivity contribution < 1.29 is 9.90 Å². The van der Waals surface area contributed by atoms with E-state index in [0.717, 1.165) is 5.56 Å². The van der Waals surface area contributed by atoms with Crippen molar-refractivity contribution in [3.05, 3.63) is 34.9 Å². The zero-order valence-corrected chi connectivity index (χ0v) is 8.58. The van der Waals surface area contributed by atoms with Gasteiger partial charge in [-0.3, -0.25) is 4.79 Å². The predicted octanol–water partition coefficient (Wildman–Crippen LogP) is 1.90. The summed E-state index contributed by atoms with van der Waals surface area (Å²) in [6, 6.07) is 6.76. The SMILES string of the molecule is CC(NCc1ccc(Cl)cc1)C(=O)O. The van der Waals surface area contributed by atoms with Gasteiger partial charge in [0.25, 0.3) is 0 Å². The van der Waals surface area contributed by atoms with Gasteiger partial charge in [0, 0.05) is 11.6 Å². The third-order valence-corrected chi connectivity index (χ3v) is 2.15. The average Bonchev–Trinajstić information content (AvgIpc) is 2.16. The van der Waals surface area contributed by atoms with Crippen LogP contribution in [0.4, 0.5) is 0 Å². The summed E-state index contributed by atoms with van der Waals surface area (Å²) in [5.41, 5.74) is 1.02. The number of aliphatic carboxylic acids is 1. The van der Waals surface area contributed by atoms with Crippen LogP contribution >= 0.6 is 11.6 Å². The standard InChI is InChI=1S/C10H12ClNO2/c1-7(10(13)14)12-6-8-2-4-9(11)5-3-8/h2-5,7,12H,6H2,1H3,(H,13,14). The fourth-order valence-electron chi connectivity index (χ4n) is 0.961. The zero-order chi connectivity index (χ0) is 10.6. The highest BCUT2D eigenvalue weighted by atomic mass is 35.5. The maximum atomic E-state index is 10.5. The van der Waals surface area contributed by atoms with E-state index in [9.17, 15) is 4.79 Å². The molecule has 0 saturated heterocycles. The molecule has 0 aliphatic rings. The Morgan fingerprint density at radius 3 is 2.57 bits per heavy atom. The Labute approximate surface area is 87.7 Å². The van der Waals surface area contributed by atoms with Crippen molar-refractivity contribution in [2.24, 2.45) is 0 Å². The molecule has 1 unspecified atom stereocenters. The molecule has 14 heavy (non-hydrogen) atoms. The molecule has 1 aromatic carbocycles. The number of carbonyl (C=O) groups is 1. The molecule has 4 heteroatoms. The van der Waals surface area contributed by atoms with Crippen LogP contribution in [0.1, 0.15) is 12.5 Å². The van der Waals surface area contributed by atoms with Gasteiger partial charge in [0.15, 0.2) is 0 Å². The van der Waals surface area contributed by atoms with E-state index < -0.39 is 12.0 Å². The van der Waals surface area contributed by atoms with Crippen LogP contribution in [0.3, 0.4) is 0 Å². The van der Waals surface area contributed by atoms with Crippen LogP contribution in [0.15, 0.2) is 24.3 Å². The minimum Gasteiger partial charge on any atom is -0.480 e. The number of nitrogens with one attached hydrogen (secondary N) is 1. The number of halogens is 1. The molecule has 0 bridgehead atoms. The van der Waals surface area contributed by atoms with Gasteiger partial charge in [-0.1, -0.05) is 23.7 Å². The fraction of sp³-hybridized carbons (Fsp3) is 0.300. The van der Waals surface area contributed by atoms with Crippen LogP contribution in [0, 0.1) is 0 Å². The lowest BCUT2D eigenvalue weighted by atomic mass is 10.2. The second kappa shape index (κ2) is 4.98. The van der Waals surface area contributed by atoms with Crippen LogP contribution in [-0.2, 0) is 11.3 Å². The van der Waals surface area contributed by atoms with Gasteiger partial charge in [-0.2, -0.15) is 0 Å². The van der Waals surface area contributed by atoms with Crippen LogP contribution in [0.25, 0.3) is 0 Å². The Morgan fingerprint density at radius 1 is 1.50 bits per heavy atom. The lowest BCUT2D eigenvalue weighted by Crippen LogP contribution is -2.33. The number of rotatable bonds is 4. The highest BCUT2D eigenvalue weighted by Gasteiger charge is 2.08. The highest BCUT2D eigenvalue weighted by Crippen LogP contribution is 2.09. The van der Waals surface area contributed by atoms with Gasteiger partial charge in [-0.05, 0) is 24.6 Å². The number of carboxylic acids is 1. The number of carboxylic acid groups (broad SMARTS) is 1. The molecule has 1 atom stereocenters. The van der Waals surface area contributed by atoms with Gasteiger partial charge in [0.2, 0.25) is 0 Å². The summed E-state index contributed by atoms with van der Waals surface area (Å²) < 4.78 is 0. The number of hydrogen-bond donors (Lipinski definition) is 2. The molecule has 0 heterocycles. The molecule has 0 amide bonds. The molecule has 1 rings (SSSR count). The minimum atomic E-state index is -0.848. The van der Waals surface area contributed by atoms with E-state index in [4.69, 9.17) is 16.7 Å². The number of hydrogen-bond acceptors (Lipinski definition) is 2. The minimum absolute atomic E-state index is 0.532. The summed E-state index contributed by atoms with van der Waals surface area (Å²) in [4.78, 5) is 10.5. The fourth-order valence-corrected chi connectivity index (χ4v) is 1.09. The molecule has 2 N–H and O–H groups in total. The first-order valence-corrected chi connectivity index (χ1v) is 4.68. The molecule has 0 fully saturated rings. The molecule has 0 saturated carbocycles. The monoisotopic (exact) mass is 213 g/mol. The Morgan fingerprint density at radius 2 is 2.07 bits per heavy atom. The summed E-state index contributed by atoms with van der Waals surface area (Å²) >= 11 is 5.71. The van der Waals surface area contributed by atoms with Crippen LogP contribution in [0.2, 0.25) is 5.02 Å². The second-order valence-electron chi connectivity index (χ2n) is 3.07. The summed E-state index contributed by atoms with van der Waals surface area (Å²) in [5.74, 6) is -0.848. The molecule has 76 valence electrons. The first-order chi connectivity index (χ1) is 6.59. The van der Waals surface area contributed by atoms with Gasteiger partial charge in [0.1, 0.15) is 6.04 Å². The van der Waals surface area contributed by atoms with Gasteiger partial charge < -0.3 is 10.4 Å². The predicted molar refractivity (Wildman–Crippen MR) is 55.4 cm³/mol. The highest BCUT2D eigenvalue weighted by molar-refractivity contribution is 6.30. The van der Waals surface area contributed by atoms with Gasteiger partial charge in [-0.15, -0.1) is 0 Å². The van der Waals surface area contributed by atoms with E-state index in [1.165, 1.54) is 0 Å². The summed E-state index contributed by atoms with van der Waals surface area (Å²) in [7, 11) is 0. The summed E-state index contributed by atoms with van der Waals surface area (Å²) in [6.45, 7) is 2.14. The average molecular weight is 214 g/mol. The molecule has 3 nitrogen and oxygen atoms in total. The van der Waals surface area contributed by atoms with Crippen molar-refractivity contribution in [2.45, 2.75) is 19.5 Å². The smallest absolute Gasteiger partial charge is 0.320 e. The quantitative estimate of drug-likeness (QED) is 0.803. The van der Waals surface area contributed by atoms with Crippen LogP contribution in [-0.4, -0.2) is 17.1 Å². The lowest BCUT2D eigenvalue weighted by Gasteiger charge is -2.08. The first-order valence-electron chi connectivity index (χ1n) is 4.30. The van der Waals surface area contributed by atoms with E-state index in [1.807, 2.05) is 12.1 Å². The maximum absolute atomic E-state index is 10.5. The Bertz CT molecular complexity index is 310. The largest absolute Gasteiger partial charge is 0.480 e. The third-order valence-electron chi connectivity index (χ3n) is 1.90. The summed E-state index contributed by atoms with van der Waals surface area (Å²) in [5, 5.41) is 12.2. The van der Waals surface area contributed by atoms with Gasteiger partial charge in [-0.25, -0.2) is 0 Å². The van der Waals surface area contributed by atoms with Crippen molar-refractivity contribution >= 4 is 17.6 Å². The van der Waals surface area contributed by atoms with Gasteiger partial charge >= 0.3 is 5.97 Å². The van der Waals surface area contributed by atoms with Gasteiger partial charge in [0.05, 0.1) is 0 Å². The molecule has 1 aromatic rings. The summed E-state index contributed by atoms with van der Waals surface area (Å²) in [6.07, 6.45) is 0. The van der Waals surface area contributed by atoms with E-state index in [0.29, 0.717) is 11.6 Å². The molecular weight excluding hydrogens is 202 g/mol. The van der Waals surface area contributed by atoms with Crippen LogP contribution in [0.5, 0.6) is 0 Å². The number of benzene rings is 1. The van der Waals surface area contributed by atoms with Crippen molar-refractivity contribution in [3.63, 3.8) is 0 Å². The zero-order valence-electron chi connectivity index (χ0n) is 7.83. The van der Waals surface area contributed by atoms with Crippen molar-refractivity contribution in [1.29, 1.82) is 0 Å². The Kier molecular flexibility index (Phi) is 3.92. The van der Waals surface area contributed by atoms with E-state index in [1.54, 1.807) is 19.1 Å². The molecule has 0 aromatic heterocycles.